The van der Waals surface area contributed by atoms with Crippen LogP contribution in [0.15, 0.2) is 47.3 Å². The maximum Gasteiger partial charge on any atom is 0.227 e. The van der Waals surface area contributed by atoms with Gasteiger partial charge in [0.1, 0.15) is 0 Å². The van der Waals surface area contributed by atoms with Crippen molar-refractivity contribution < 1.29 is 9.15 Å². The van der Waals surface area contributed by atoms with Gasteiger partial charge in [0, 0.05) is 29.2 Å². The van der Waals surface area contributed by atoms with Gasteiger partial charge in [0.2, 0.25) is 5.71 Å². The second kappa shape index (κ2) is 6.56. The number of aromatic nitrogens is 1. The zero-order valence-electron chi connectivity index (χ0n) is 14.9. The summed E-state index contributed by atoms with van der Waals surface area (Å²) in [6, 6.07) is 8.49. The molecule has 0 amide bonds. The molecule has 0 atom stereocenters. The summed E-state index contributed by atoms with van der Waals surface area (Å²) in [5, 5.41) is 2.13. The Morgan fingerprint density at radius 3 is 2.62 bits per heavy atom. The van der Waals surface area contributed by atoms with Crippen molar-refractivity contribution in [1.29, 1.82) is 0 Å². The third-order valence-electron chi connectivity index (χ3n) is 3.98. The van der Waals surface area contributed by atoms with E-state index in [4.69, 9.17) is 9.15 Å². The van der Waals surface area contributed by atoms with E-state index in [-0.39, 0.29) is 12.1 Å². The number of anilines is 1. The van der Waals surface area contributed by atoms with Crippen LogP contribution in [-0.2, 0) is 4.74 Å². The fraction of sp³-hybridized carbons (Fsp3) is 0.350. The summed E-state index contributed by atoms with van der Waals surface area (Å²) in [7, 11) is 0. The van der Waals surface area contributed by atoms with E-state index in [1.807, 2.05) is 32.2 Å². The molecule has 0 radical (unpaired) electrons. The molecule has 0 fully saturated rings. The van der Waals surface area contributed by atoms with Crippen LogP contribution in [-0.4, -0.2) is 17.1 Å². The number of rotatable bonds is 5. The van der Waals surface area contributed by atoms with E-state index in [0.717, 1.165) is 27.6 Å². The van der Waals surface area contributed by atoms with Gasteiger partial charge in [-0.15, -0.1) is 0 Å². The second-order valence-corrected chi connectivity index (χ2v) is 6.54. The average Bonchev–Trinajstić information content (AvgIpc) is 2.90. The molecular weight excluding hydrogens is 300 g/mol. The number of pyridine rings is 1. The third-order valence-corrected chi connectivity index (χ3v) is 3.98. The van der Waals surface area contributed by atoms with Gasteiger partial charge in [-0.05, 0) is 52.3 Å². The Morgan fingerprint density at radius 1 is 1.12 bits per heavy atom. The minimum Gasteiger partial charge on any atom is -0.497 e. The van der Waals surface area contributed by atoms with Crippen molar-refractivity contribution in [2.24, 2.45) is 0 Å². The number of benzene rings is 1. The normalized spacial score (nSPS) is 12.1. The smallest absolute Gasteiger partial charge is 0.227 e. The first-order valence-electron chi connectivity index (χ1n) is 8.36. The molecule has 2 aromatic heterocycles. The zero-order chi connectivity index (χ0) is 17.3. The largest absolute Gasteiger partial charge is 0.497 e. The Labute approximate surface area is 142 Å². The molecule has 0 bridgehead atoms. The second-order valence-electron chi connectivity index (χ2n) is 6.54. The van der Waals surface area contributed by atoms with Crippen LogP contribution in [0.1, 0.15) is 33.3 Å². The van der Waals surface area contributed by atoms with Crippen LogP contribution in [0.4, 0.5) is 5.69 Å². The topological polar surface area (TPSA) is 38.5 Å². The summed E-state index contributed by atoms with van der Waals surface area (Å²) >= 11 is 0. The first-order chi connectivity index (χ1) is 11.5. The number of furan rings is 1. The minimum atomic E-state index is 0.155. The molecule has 0 N–H and O–H groups in total. The highest BCUT2D eigenvalue weighted by Gasteiger charge is 2.19. The van der Waals surface area contributed by atoms with E-state index in [1.54, 1.807) is 12.5 Å². The van der Waals surface area contributed by atoms with Crippen molar-refractivity contribution in [3.05, 3.63) is 48.5 Å². The Bertz CT molecular complexity index is 878. The van der Waals surface area contributed by atoms with Crippen molar-refractivity contribution >= 4 is 27.8 Å². The number of hydrogen-bond acceptors (Lipinski definition) is 4. The first kappa shape index (κ1) is 16.4. The van der Waals surface area contributed by atoms with E-state index < -0.39 is 0 Å². The molecule has 0 unspecified atom stereocenters. The van der Waals surface area contributed by atoms with Crippen molar-refractivity contribution in [2.75, 3.05) is 4.90 Å². The predicted molar refractivity (Wildman–Crippen MR) is 99.2 cm³/mol. The van der Waals surface area contributed by atoms with Crippen LogP contribution in [0.3, 0.4) is 0 Å². The molecular formula is C20H24N2O2. The van der Waals surface area contributed by atoms with Crippen molar-refractivity contribution in [2.45, 2.75) is 46.8 Å². The predicted octanol–water partition coefficient (Wildman–Crippen LogP) is 5.40. The number of fused-ring (bicyclic) bond motifs is 3. The highest BCUT2D eigenvalue weighted by atomic mass is 16.5. The summed E-state index contributed by atoms with van der Waals surface area (Å²) in [6.45, 7) is 10.4. The van der Waals surface area contributed by atoms with Gasteiger partial charge < -0.3 is 14.1 Å². The lowest BCUT2D eigenvalue weighted by Gasteiger charge is -2.26. The van der Waals surface area contributed by atoms with E-state index in [2.05, 4.69) is 42.8 Å². The molecule has 0 aliphatic carbocycles. The molecule has 126 valence electrons. The van der Waals surface area contributed by atoms with E-state index >= 15 is 0 Å². The quantitative estimate of drug-likeness (QED) is 0.589. The fourth-order valence-corrected chi connectivity index (χ4v) is 2.84. The summed E-state index contributed by atoms with van der Waals surface area (Å²) < 4.78 is 11.7. The van der Waals surface area contributed by atoms with E-state index in [9.17, 15) is 0 Å². The molecule has 0 saturated heterocycles. The molecule has 0 saturated carbocycles. The zero-order valence-corrected chi connectivity index (χ0v) is 14.9. The van der Waals surface area contributed by atoms with Crippen LogP contribution >= 0.6 is 0 Å². The molecule has 3 rings (SSSR count). The number of aryl methyl sites for hydroxylation is 1. The maximum atomic E-state index is 6.10. The number of nitrogens with zero attached hydrogens (tertiary/aromatic N) is 2. The van der Waals surface area contributed by atoms with Crippen LogP contribution in [0, 0.1) is 6.92 Å². The first-order valence-corrected chi connectivity index (χ1v) is 8.36. The maximum absolute atomic E-state index is 6.10. The molecule has 0 spiro atoms. The molecule has 2 heterocycles. The van der Waals surface area contributed by atoms with Gasteiger partial charge in [0.25, 0.3) is 0 Å². The van der Waals surface area contributed by atoms with E-state index in [1.165, 1.54) is 0 Å². The summed E-state index contributed by atoms with van der Waals surface area (Å²) in [5.41, 5.74) is 3.76. The molecule has 0 aliphatic rings. The summed E-state index contributed by atoms with van der Waals surface area (Å²) in [4.78, 5) is 6.53. The molecule has 0 aliphatic heterocycles. The van der Waals surface area contributed by atoms with Gasteiger partial charge in [0.05, 0.1) is 18.1 Å². The van der Waals surface area contributed by atoms with Crippen molar-refractivity contribution in [1.82, 2.24) is 4.98 Å². The molecule has 1 aromatic carbocycles. The van der Waals surface area contributed by atoms with Crippen molar-refractivity contribution in [3.63, 3.8) is 0 Å². The minimum absolute atomic E-state index is 0.155. The number of hydrogen-bond donors (Lipinski definition) is 0. The molecule has 3 aromatic rings. The van der Waals surface area contributed by atoms with Crippen LogP contribution in [0.2, 0.25) is 0 Å². The molecule has 4 heteroatoms. The Morgan fingerprint density at radius 2 is 1.92 bits per heavy atom. The highest BCUT2D eigenvalue weighted by molar-refractivity contribution is 6.08. The summed E-state index contributed by atoms with van der Waals surface area (Å²) in [6.07, 6.45) is 5.65. The summed E-state index contributed by atoms with van der Waals surface area (Å²) in [5.74, 6) is 0. The van der Waals surface area contributed by atoms with Crippen LogP contribution in [0.25, 0.3) is 22.1 Å². The van der Waals surface area contributed by atoms with Gasteiger partial charge in [-0.25, -0.2) is 4.98 Å². The lowest BCUT2D eigenvalue weighted by molar-refractivity contribution is 0.178. The van der Waals surface area contributed by atoms with Gasteiger partial charge in [0.15, 0.2) is 5.58 Å². The van der Waals surface area contributed by atoms with Crippen molar-refractivity contribution in [3.8, 4) is 0 Å². The van der Waals surface area contributed by atoms with Gasteiger partial charge in [-0.2, -0.15) is 0 Å². The Kier molecular flexibility index (Phi) is 4.47. The standard InChI is InChI=1S/C20H24N2O2/c1-13(2)22(11-12-23-14(3)4)18-15(5)8-9-16-17-7-6-10-21-20(17)24-19(16)18/h6-14H,1-5H3/b12-11-. The monoisotopic (exact) mass is 324 g/mol. The fourth-order valence-electron chi connectivity index (χ4n) is 2.84. The molecule has 24 heavy (non-hydrogen) atoms. The van der Waals surface area contributed by atoms with Gasteiger partial charge >= 0.3 is 0 Å². The van der Waals surface area contributed by atoms with Crippen LogP contribution < -0.4 is 4.90 Å². The van der Waals surface area contributed by atoms with E-state index in [0.29, 0.717) is 5.71 Å². The van der Waals surface area contributed by atoms with Crippen LogP contribution in [0.5, 0.6) is 0 Å². The lowest BCUT2D eigenvalue weighted by atomic mass is 10.1. The van der Waals surface area contributed by atoms with Gasteiger partial charge in [-0.1, -0.05) is 12.1 Å². The number of ether oxygens (including phenoxy) is 1. The Balaban J connectivity index is 2.18. The van der Waals surface area contributed by atoms with Gasteiger partial charge in [-0.3, -0.25) is 0 Å². The lowest BCUT2D eigenvalue weighted by Crippen LogP contribution is -2.25. The SMILES string of the molecule is Cc1ccc2c(oc3ncccc32)c1N(/C=C\OC(C)C)C(C)C. The Hall–Kier alpha value is -2.49. The third kappa shape index (κ3) is 2.96. The molecule has 4 nitrogen and oxygen atoms in total. The average molecular weight is 324 g/mol. The highest BCUT2D eigenvalue weighted by Crippen LogP contribution is 2.37.